The molecule has 0 aliphatic heterocycles. The van der Waals surface area contributed by atoms with Gasteiger partial charge in [-0.2, -0.15) is 0 Å². The van der Waals surface area contributed by atoms with Crippen molar-refractivity contribution in [2.24, 2.45) is 5.92 Å². The van der Waals surface area contributed by atoms with Crippen LogP contribution in [-0.4, -0.2) is 28.6 Å². The van der Waals surface area contributed by atoms with E-state index < -0.39 is 28.6 Å². The number of anilines is 1. The largest absolute Gasteiger partial charge is 0.444 e. The summed E-state index contributed by atoms with van der Waals surface area (Å²) in [5.41, 5.74) is -0.322. The number of benzene rings is 1. The van der Waals surface area contributed by atoms with Crippen LogP contribution in [0.15, 0.2) is 24.3 Å². The van der Waals surface area contributed by atoms with E-state index in [9.17, 15) is 19.7 Å². The second-order valence-electron chi connectivity index (χ2n) is 6.80. The van der Waals surface area contributed by atoms with E-state index in [0.29, 0.717) is 12.1 Å². The van der Waals surface area contributed by atoms with Gasteiger partial charge in [0.15, 0.2) is 0 Å². The average Bonchev–Trinajstić information content (AvgIpc) is 2.50. The van der Waals surface area contributed by atoms with E-state index in [4.69, 9.17) is 4.74 Å². The van der Waals surface area contributed by atoms with Crippen LogP contribution >= 0.6 is 0 Å². The number of ether oxygens (including phenoxy) is 1. The van der Waals surface area contributed by atoms with Crippen molar-refractivity contribution >= 4 is 23.4 Å². The minimum Gasteiger partial charge on any atom is -0.444 e. The fourth-order valence-corrected chi connectivity index (χ4v) is 2.02. The zero-order valence-corrected chi connectivity index (χ0v) is 15.2. The number of hydrogen-bond donors (Lipinski definition) is 2. The van der Waals surface area contributed by atoms with E-state index in [-0.39, 0.29) is 11.6 Å². The smallest absolute Gasteiger partial charge is 0.408 e. The Morgan fingerprint density at radius 1 is 1.24 bits per heavy atom. The van der Waals surface area contributed by atoms with Gasteiger partial charge in [0, 0.05) is 17.8 Å². The average molecular weight is 351 g/mol. The van der Waals surface area contributed by atoms with Crippen molar-refractivity contribution in [3.05, 3.63) is 34.4 Å². The Bertz CT molecular complexity index is 622. The summed E-state index contributed by atoms with van der Waals surface area (Å²) in [5.74, 6) is -0.528. The Morgan fingerprint density at radius 3 is 2.24 bits per heavy atom. The number of rotatable bonds is 6. The molecule has 0 aliphatic rings. The zero-order valence-electron chi connectivity index (χ0n) is 15.2. The minimum atomic E-state index is -0.782. The number of non-ortho nitro benzene ring substituents is 1. The summed E-state index contributed by atoms with van der Waals surface area (Å²) in [6.07, 6.45) is 0.00498. The van der Waals surface area contributed by atoms with Gasteiger partial charge in [0.1, 0.15) is 11.6 Å². The van der Waals surface area contributed by atoms with E-state index >= 15 is 0 Å². The topological polar surface area (TPSA) is 111 Å². The minimum absolute atomic E-state index is 0.0663. The SMILES string of the molecule is CC[C@H](C)[C@H](NC(=O)OC(C)(C)C)C(=O)Nc1ccc([N+](=O)[O-])cc1. The highest BCUT2D eigenvalue weighted by Gasteiger charge is 2.28. The summed E-state index contributed by atoms with van der Waals surface area (Å²) in [7, 11) is 0. The molecule has 1 rings (SSSR count). The Labute approximate surface area is 147 Å². The van der Waals surface area contributed by atoms with Gasteiger partial charge in [0.05, 0.1) is 4.92 Å². The van der Waals surface area contributed by atoms with Crippen LogP contribution in [0.1, 0.15) is 41.0 Å². The van der Waals surface area contributed by atoms with E-state index in [1.54, 1.807) is 20.8 Å². The molecule has 138 valence electrons. The van der Waals surface area contributed by atoms with E-state index in [1.165, 1.54) is 24.3 Å². The van der Waals surface area contributed by atoms with E-state index in [0.717, 1.165) is 0 Å². The first kappa shape index (κ1) is 20.4. The third-order valence-electron chi connectivity index (χ3n) is 3.51. The van der Waals surface area contributed by atoms with Gasteiger partial charge in [-0.1, -0.05) is 20.3 Å². The van der Waals surface area contributed by atoms with Crippen LogP contribution in [0.5, 0.6) is 0 Å². The predicted molar refractivity (Wildman–Crippen MR) is 94.3 cm³/mol. The van der Waals surface area contributed by atoms with E-state index in [1.807, 2.05) is 13.8 Å². The second kappa shape index (κ2) is 8.46. The van der Waals surface area contributed by atoms with Crippen molar-refractivity contribution in [3.8, 4) is 0 Å². The fraction of sp³-hybridized carbons (Fsp3) is 0.529. The number of nitro groups is 1. The molecular weight excluding hydrogens is 326 g/mol. The maximum Gasteiger partial charge on any atom is 0.408 e. The first-order valence-electron chi connectivity index (χ1n) is 8.08. The number of hydrogen-bond acceptors (Lipinski definition) is 5. The van der Waals surface area contributed by atoms with Crippen LogP contribution in [-0.2, 0) is 9.53 Å². The number of carbonyl (C=O) groups excluding carboxylic acids is 2. The molecule has 2 atom stereocenters. The molecule has 2 N–H and O–H groups in total. The van der Waals surface area contributed by atoms with Crippen molar-refractivity contribution in [3.63, 3.8) is 0 Å². The van der Waals surface area contributed by atoms with Gasteiger partial charge in [-0.05, 0) is 38.8 Å². The Kier molecular flexibility index (Phi) is 6.90. The molecule has 0 aromatic heterocycles. The van der Waals surface area contributed by atoms with Crippen LogP contribution in [0.2, 0.25) is 0 Å². The summed E-state index contributed by atoms with van der Waals surface area (Å²) in [6.45, 7) is 8.97. The van der Waals surface area contributed by atoms with Gasteiger partial charge in [-0.15, -0.1) is 0 Å². The summed E-state index contributed by atoms with van der Waals surface area (Å²) in [5, 5.41) is 15.9. The summed E-state index contributed by atoms with van der Waals surface area (Å²) >= 11 is 0. The highest BCUT2D eigenvalue weighted by atomic mass is 16.6. The molecule has 0 spiro atoms. The molecule has 0 saturated heterocycles. The Morgan fingerprint density at radius 2 is 1.80 bits per heavy atom. The van der Waals surface area contributed by atoms with Gasteiger partial charge < -0.3 is 15.4 Å². The lowest BCUT2D eigenvalue weighted by Crippen LogP contribution is -2.49. The van der Waals surface area contributed by atoms with Gasteiger partial charge in [-0.25, -0.2) is 4.79 Å². The third kappa shape index (κ3) is 6.78. The van der Waals surface area contributed by atoms with Crippen molar-refractivity contribution < 1.29 is 19.2 Å². The normalized spacial score (nSPS) is 13.5. The molecule has 0 bridgehead atoms. The monoisotopic (exact) mass is 351 g/mol. The van der Waals surface area contributed by atoms with Crippen LogP contribution in [0, 0.1) is 16.0 Å². The van der Waals surface area contributed by atoms with Crippen LogP contribution in [0.4, 0.5) is 16.2 Å². The van der Waals surface area contributed by atoms with Crippen LogP contribution in [0.3, 0.4) is 0 Å². The molecule has 1 aromatic carbocycles. The molecule has 0 heterocycles. The van der Waals surface area contributed by atoms with E-state index in [2.05, 4.69) is 10.6 Å². The number of nitro benzene ring substituents is 1. The molecule has 8 heteroatoms. The fourth-order valence-electron chi connectivity index (χ4n) is 2.02. The molecule has 25 heavy (non-hydrogen) atoms. The molecule has 0 unspecified atom stereocenters. The molecular formula is C17H25N3O5. The summed E-state index contributed by atoms with van der Waals surface area (Å²) < 4.78 is 5.20. The molecule has 1 aromatic rings. The standard InChI is InChI=1S/C17H25N3O5/c1-6-11(2)14(19-16(22)25-17(3,4)5)15(21)18-12-7-9-13(10-8-12)20(23)24/h7-11,14H,6H2,1-5H3,(H,18,21)(H,19,22)/t11-,14-/m0/s1. The number of nitrogens with one attached hydrogen (secondary N) is 2. The highest BCUT2D eigenvalue weighted by Crippen LogP contribution is 2.17. The first-order valence-corrected chi connectivity index (χ1v) is 8.08. The Balaban J connectivity index is 2.82. The Hall–Kier alpha value is -2.64. The predicted octanol–water partition coefficient (Wildman–Crippen LogP) is 3.47. The van der Waals surface area contributed by atoms with Crippen molar-refractivity contribution in [2.75, 3.05) is 5.32 Å². The lowest BCUT2D eigenvalue weighted by atomic mass is 9.98. The molecule has 0 fully saturated rings. The molecule has 8 nitrogen and oxygen atoms in total. The summed E-state index contributed by atoms with van der Waals surface area (Å²) in [4.78, 5) is 34.6. The van der Waals surface area contributed by atoms with Crippen LogP contribution in [0.25, 0.3) is 0 Å². The van der Waals surface area contributed by atoms with Gasteiger partial charge in [-0.3, -0.25) is 14.9 Å². The lowest BCUT2D eigenvalue weighted by molar-refractivity contribution is -0.384. The quantitative estimate of drug-likeness (QED) is 0.602. The number of carbonyl (C=O) groups is 2. The maximum atomic E-state index is 12.5. The summed E-state index contributed by atoms with van der Waals surface area (Å²) in [6, 6.07) is 4.70. The molecule has 0 saturated carbocycles. The number of nitrogens with zero attached hydrogens (tertiary/aromatic N) is 1. The number of amides is 2. The second-order valence-corrected chi connectivity index (χ2v) is 6.80. The van der Waals surface area contributed by atoms with Gasteiger partial charge in [0.2, 0.25) is 5.91 Å². The molecule has 0 radical (unpaired) electrons. The molecule has 0 aliphatic carbocycles. The molecule has 2 amide bonds. The first-order chi connectivity index (χ1) is 11.5. The maximum absolute atomic E-state index is 12.5. The third-order valence-corrected chi connectivity index (χ3v) is 3.51. The number of alkyl carbamates (subject to hydrolysis) is 1. The highest BCUT2D eigenvalue weighted by molar-refractivity contribution is 5.96. The van der Waals surface area contributed by atoms with Crippen molar-refractivity contribution in [2.45, 2.75) is 52.7 Å². The van der Waals surface area contributed by atoms with Crippen molar-refractivity contribution in [1.29, 1.82) is 0 Å². The van der Waals surface area contributed by atoms with Gasteiger partial charge >= 0.3 is 6.09 Å². The van der Waals surface area contributed by atoms with Crippen LogP contribution < -0.4 is 10.6 Å². The lowest BCUT2D eigenvalue weighted by Gasteiger charge is -2.26. The zero-order chi connectivity index (χ0) is 19.2. The van der Waals surface area contributed by atoms with Crippen molar-refractivity contribution in [1.82, 2.24) is 5.32 Å². The van der Waals surface area contributed by atoms with Gasteiger partial charge in [0.25, 0.3) is 5.69 Å².